The van der Waals surface area contributed by atoms with Crippen LogP contribution >= 0.6 is 22.4 Å². The van der Waals surface area contributed by atoms with Crippen LogP contribution in [-0.2, 0) is 16.1 Å². The van der Waals surface area contributed by atoms with E-state index in [0.29, 0.717) is 0 Å². The van der Waals surface area contributed by atoms with Crippen molar-refractivity contribution in [3.8, 4) is 0 Å². The van der Waals surface area contributed by atoms with Crippen molar-refractivity contribution in [2.75, 3.05) is 11.5 Å². The summed E-state index contributed by atoms with van der Waals surface area (Å²) < 4.78 is 22.6. The quantitative estimate of drug-likeness (QED) is 0.346. The zero-order valence-electron chi connectivity index (χ0n) is 8.16. The van der Waals surface area contributed by atoms with Crippen molar-refractivity contribution in [2.24, 2.45) is 7.05 Å². The van der Waals surface area contributed by atoms with Crippen LogP contribution < -0.4 is 0 Å². The number of rotatable bonds is 5. The fourth-order valence-corrected chi connectivity index (χ4v) is 3.27. The Morgan fingerprint density at radius 2 is 2.31 bits per heavy atom. The summed E-state index contributed by atoms with van der Waals surface area (Å²) in [7, 11) is 2.98. The number of nitro groups is 1. The molecule has 1 heterocycles. The van der Waals surface area contributed by atoms with Gasteiger partial charge in [-0.15, -0.1) is 0 Å². The van der Waals surface area contributed by atoms with E-state index in [1.54, 1.807) is 7.05 Å². The molecule has 0 aliphatic rings. The van der Waals surface area contributed by atoms with Gasteiger partial charge < -0.3 is 0 Å². The molecule has 7 nitrogen and oxygen atoms in total. The van der Waals surface area contributed by atoms with Gasteiger partial charge in [0.25, 0.3) is 0 Å². The van der Waals surface area contributed by atoms with Crippen LogP contribution in [0.3, 0.4) is 0 Å². The summed E-state index contributed by atoms with van der Waals surface area (Å²) in [5.74, 6) is -0.128. The average molecular weight is 286 g/mol. The second-order valence-corrected chi connectivity index (χ2v) is 6.82. The Hall–Kier alpha value is -0.800. The summed E-state index contributed by atoms with van der Waals surface area (Å²) in [5.41, 5.74) is -0.139. The van der Waals surface area contributed by atoms with E-state index in [2.05, 4.69) is 5.10 Å². The van der Waals surface area contributed by atoms with Crippen LogP contribution in [0.4, 0.5) is 5.69 Å². The van der Waals surface area contributed by atoms with Crippen molar-refractivity contribution in [3.05, 3.63) is 16.3 Å². The predicted octanol–water partition coefficient (Wildman–Crippen LogP) is 0.989. The van der Waals surface area contributed by atoms with Crippen LogP contribution in [-0.4, -0.2) is 34.6 Å². The Bertz CT molecular complexity index is 498. The molecule has 0 spiro atoms. The molecule has 0 aliphatic carbocycles. The van der Waals surface area contributed by atoms with Crippen molar-refractivity contribution in [2.45, 2.75) is 5.03 Å². The molecule has 0 atom stereocenters. The first-order valence-corrected chi connectivity index (χ1v) is 7.49. The topological polar surface area (TPSA) is 95.1 Å². The Morgan fingerprint density at radius 3 is 2.81 bits per heavy atom. The monoisotopic (exact) mass is 285 g/mol. The lowest BCUT2D eigenvalue weighted by Gasteiger charge is -1.95. The van der Waals surface area contributed by atoms with Crippen LogP contribution in [0.2, 0.25) is 0 Å². The van der Waals surface area contributed by atoms with Crippen molar-refractivity contribution in [1.82, 2.24) is 9.78 Å². The van der Waals surface area contributed by atoms with Crippen LogP contribution in [0.1, 0.15) is 0 Å². The van der Waals surface area contributed by atoms with Crippen LogP contribution in [0.25, 0.3) is 0 Å². The van der Waals surface area contributed by atoms with Gasteiger partial charge in [0.05, 0.1) is 10.7 Å². The van der Waals surface area contributed by atoms with Crippen molar-refractivity contribution in [3.63, 3.8) is 0 Å². The molecule has 0 saturated heterocycles. The molecule has 0 unspecified atom stereocenters. The number of hydrogen-bond acceptors (Lipinski definition) is 6. The second-order valence-electron chi connectivity index (χ2n) is 2.84. The maximum Gasteiger partial charge on any atom is 0.320 e. The van der Waals surface area contributed by atoms with Gasteiger partial charge in [0, 0.05) is 23.5 Å². The first-order chi connectivity index (χ1) is 7.29. The number of thioether (sulfide) groups is 1. The summed E-state index contributed by atoms with van der Waals surface area (Å²) >= 11 is 0.986. The summed E-state index contributed by atoms with van der Waals surface area (Å²) in [4.78, 5) is 10.0. The van der Waals surface area contributed by atoms with Crippen LogP contribution in [0, 0.1) is 10.1 Å². The largest absolute Gasteiger partial charge is 0.320 e. The third-order valence-electron chi connectivity index (χ3n) is 1.54. The summed E-state index contributed by atoms with van der Waals surface area (Å²) in [6, 6.07) is 0. The highest BCUT2D eigenvalue weighted by Crippen LogP contribution is 2.27. The van der Waals surface area contributed by atoms with E-state index in [-0.39, 0.29) is 22.2 Å². The summed E-state index contributed by atoms with van der Waals surface area (Å²) in [6.45, 7) is 0. The highest BCUT2D eigenvalue weighted by atomic mass is 35.7. The molecule has 90 valence electrons. The smallest absolute Gasteiger partial charge is 0.267 e. The molecule has 0 radical (unpaired) electrons. The van der Waals surface area contributed by atoms with E-state index < -0.39 is 14.0 Å². The van der Waals surface area contributed by atoms with E-state index in [0.717, 1.165) is 11.8 Å². The predicted molar refractivity (Wildman–Crippen MR) is 60.2 cm³/mol. The molecule has 10 heteroatoms. The van der Waals surface area contributed by atoms with Gasteiger partial charge in [0.15, 0.2) is 5.03 Å². The number of nitrogens with zero attached hydrogens (tertiary/aromatic N) is 3. The van der Waals surface area contributed by atoms with Gasteiger partial charge in [-0.1, -0.05) is 11.8 Å². The molecular formula is C6H8ClN3O4S2. The van der Waals surface area contributed by atoms with Crippen LogP contribution in [0.15, 0.2) is 11.2 Å². The van der Waals surface area contributed by atoms with Gasteiger partial charge in [-0.3, -0.25) is 14.8 Å². The molecular weight excluding hydrogens is 278 g/mol. The van der Waals surface area contributed by atoms with Gasteiger partial charge in [0.1, 0.15) is 6.20 Å². The lowest BCUT2D eigenvalue weighted by Crippen LogP contribution is -2.00. The van der Waals surface area contributed by atoms with Gasteiger partial charge in [-0.2, -0.15) is 5.10 Å². The maximum absolute atomic E-state index is 10.6. The molecule has 0 N–H and O–H groups in total. The zero-order valence-corrected chi connectivity index (χ0v) is 10.5. The van der Waals surface area contributed by atoms with E-state index in [4.69, 9.17) is 10.7 Å². The minimum absolute atomic E-state index is 0.129. The summed E-state index contributed by atoms with van der Waals surface area (Å²) in [5, 5.41) is 14.6. The van der Waals surface area contributed by atoms with Crippen molar-refractivity contribution in [1.29, 1.82) is 0 Å². The van der Waals surface area contributed by atoms with E-state index >= 15 is 0 Å². The zero-order chi connectivity index (χ0) is 12.3. The highest BCUT2D eigenvalue weighted by Gasteiger charge is 2.19. The Kier molecular flexibility index (Phi) is 4.16. The van der Waals surface area contributed by atoms with Gasteiger partial charge in [0.2, 0.25) is 9.05 Å². The highest BCUT2D eigenvalue weighted by molar-refractivity contribution is 8.14. The first kappa shape index (κ1) is 13.3. The van der Waals surface area contributed by atoms with Gasteiger partial charge in [-0.05, 0) is 0 Å². The molecule has 0 fully saturated rings. The molecule has 0 aliphatic heterocycles. The molecule has 0 saturated carbocycles. The third-order valence-corrected chi connectivity index (χ3v) is 3.92. The Balaban J connectivity index is 2.70. The van der Waals surface area contributed by atoms with E-state index in [9.17, 15) is 18.5 Å². The number of aromatic nitrogens is 2. The molecule has 1 aromatic heterocycles. The Labute approximate surface area is 100 Å². The number of halogens is 1. The first-order valence-electron chi connectivity index (χ1n) is 4.03. The normalized spacial score (nSPS) is 11.6. The number of hydrogen-bond donors (Lipinski definition) is 0. The fraction of sp³-hybridized carbons (Fsp3) is 0.500. The summed E-state index contributed by atoms with van der Waals surface area (Å²) in [6.07, 6.45) is 1.26. The minimum atomic E-state index is -3.57. The molecule has 1 aromatic rings. The van der Waals surface area contributed by atoms with E-state index in [1.165, 1.54) is 10.9 Å². The SMILES string of the molecule is Cn1cc([N+](=O)[O-])c(SCCS(=O)(=O)Cl)n1. The maximum atomic E-state index is 10.6. The number of aryl methyl sites for hydroxylation is 1. The fourth-order valence-electron chi connectivity index (χ4n) is 0.921. The molecule has 1 rings (SSSR count). The molecule has 16 heavy (non-hydrogen) atoms. The third kappa shape index (κ3) is 3.99. The molecule has 0 aromatic carbocycles. The van der Waals surface area contributed by atoms with E-state index in [1.807, 2.05) is 0 Å². The minimum Gasteiger partial charge on any atom is -0.267 e. The lowest BCUT2D eigenvalue weighted by molar-refractivity contribution is -0.387. The second kappa shape index (κ2) is 5.02. The Morgan fingerprint density at radius 1 is 1.69 bits per heavy atom. The molecule has 0 amide bonds. The van der Waals surface area contributed by atoms with Crippen LogP contribution in [0.5, 0.6) is 0 Å². The van der Waals surface area contributed by atoms with Gasteiger partial charge >= 0.3 is 5.69 Å². The lowest BCUT2D eigenvalue weighted by atomic mass is 10.6. The molecule has 0 bridgehead atoms. The van der Waals surface area contributed by atoms with Crippen molar-refractivity contribution >= 4 is 37.2 Å². The van der Waals surface area contributed by atoms with Gasteiger partial charge in [-0.25, -0.2) is 8.42 Å². The van der Waals surface area contributed by atoms with Crippen molar-refractivity contribution < 1.29 is 13.3 Å². The standard InChI is InChI=1S/C6H8ClN3O4S2/c1-9-4-5(10(11)12)6(8-9)15-2-3-16(7,13)14/h4H,2-3H2,1H3. The average Bonchev–Trinajstić information content (AvgIpc) is 2.44.